The maximum Gasteiger partial charge on any atom is 0.285 e. The fourth-order valence-corrected chi connectivity index (χ4v) is 3.71. The molecule has 0 spiro atoms. The van der Waals surface area contributed by atoms with E-state index in [-0.39, 0.29) is 10.7 Å². The van der Waals surface area contributed by atoms with Crippen molar-refractivity contribution in [1.29, 1.82) is 0 Å². The Labute approximate surface area is 142 Å². The molecule has 2 aromatic carbocycles. The summed E-state index contributed by atoms with van der Waals surface area (Å²) in [6.07, 6.45) is 1.54. The lowest BCUT2D eigenvalue weighted by Gasteiger charge is -2.05. The Morgan fingerprint density at radius 3 is 2.83 bits per heavy atom. The molecule has 1 N–H and O–H groups in total. The van der Waals surface area contributed by atoms with E-state index in [1.807, 2.05) is 12.1 Å². The number of hydrogen-bond acceptors (Lipinski definition) is 5. The fourth-order valence-electron chi connectivity index (χ4n) is 2.16. The number of rotatable bonds is 3. The first-order chi connectivity index (χ1) is 11.0. The number of ether oxygens (including phenoxy) is 1. The van der Waals surface area contributed by atoms with Crippen molar-refractivity contribution in [2.45, 2.75) is 4.90 Å². The van der Waals surface area contributed by atoms with Crippen LogP contribution in [0.15, 0.2) is 61.3 Å². The van der Waals surface area contributed by atoms with Crippen LogP contribution in [-0.4, -0.2) is 27.6 Å². The minimum absolute atomic E-state index is 0.178. The van der Waals surface area contributed by atoms with Gasteiger partial charge in [0.15, 0.2) is 5.84 Å². The third kappa shape index (κ3) is 3.13. The van der Waals surface area contributed by atoms with Crippen molar-refractivity contribution in [3.05, 3.63) is 58.1 Å². The van der Waals surface area contributed by atoms with E-state index in [9.17, 15) is 8.42 Å². The number of halogens is 1. The minimum Gasteiger partial charge on any atom is -0.496 e. The molecule has 1 aliphatic heterocycles. The van der Waals surface area contributed by atoms with Gasteiger partial charge < -0.3 is 4.74 Å². The second-order valence-corrected chi connectivity index (χ2v) is 7.16. The molecule has 0 aliphatic carbocycles. The second-order valence-electron chi connectivity index (χ2n) is 4.67. The molecule has 2 aromatic rings. The Morgan fingerprint density at radius 1 is 1.26 bits per heavy atom. The Balaban J connectivity index is 1.86. The summed E-state index contributed by atoms with van der Waals surface area (Å²) in [6.45, 7) is 0. The molecule has 6 nitrogen and oxygen atoms in total. The molecule has 0 atom stereocenters. The number of nitrogens with one attached hydrogen (secondary N) is 1. The number of methoxy groups -OCH3 is 1. The van der Waals surface area contributed by atoms with E-state index in [1.165, 1.54) is 6.07 Å². The Morgan fingerprint density at radius 2 is 2.04 bits per heavy atom. The highest BCUT2D eigenvalue weighted by Gasteiger charge is 2.28. The number of sulfonamides is 1. The molecular formula is C15H12BrN3O3S. The van der Waals surface area contributed by atoms with Crippen LogP contribution in [0.3, 0.4) is 0 Å². The molecule has 8 heteroatoms. The van der Waals surface area contributed by atoms with Crippen molar-refractivity contribution in [3.63, 3.8) is 0 Å². The van der Waals surface area contributed by atoms with Gasteiger partial charge in [0.2, 0.25) is 0 Å². The quantitative estimate of drug-likeness (QED) is 0.641. The number of benzene rings is 2. The first-order valence-corrected chi connectivity index (χ1v) is 8.81. The molecule has 0 aromatic heterocycles. The molecule has 0 bridgehead atoms. The van der Waals surface area contributed by atoms with Gasteiger partial charge in [0, 0.05) is 15.6 Å². The van der Waals surface area contributed by atoms with E-state index in [1.54, 1.807) is 37.6 Å². The zero-order chi connectivity index (χ0) is 16.4. The molecule has 23 heavy (non-hydrogen) atoms. The third-order valence-electron chi connectivity index (χ3n) is 3.20. The smallest absolute Gasteiger partial charge is 0.285 e. The Kier molecular flexibility index (Phi) is 4.18. The lowest BCUT2D eigenvalue weighted by molar-refractivity contribution is 0.414. The molecule has 0 unspecified atom stereocenters. The summed E-state index contributed by atoms with van der Waals surface area (Å²) in [4.78, 5) is 0.178. The molecule has 0 saturated carbocycles. The van der Waals surface area contributed by atoms with Gasteiger partial charge in [0.05, 0.1) is 13.3 Å². The zero-order valence-corrected chi connectivity index (χ0v) is 14.4. The summed E-state index contributed by atoms with van der Waals surface area (Å²) < 4.78 is 33.7. The number of fused-ring (bicyclic) bond motifs is 1. The van der Waals surface area contributed by atoms with Gasteiger partial charge in [-0.25, -0.2) is 0 Å². The van der Waals surface area contributed by atoms with Crippen LogP contribution in [-0.2, 0) is 10.0 Å². The molecular weight excluding hydrogens is 382 g/mol. The first kappa shape index (κ1) is 15.7. The predicted octanol–water partition coefficient (Wildman–Crippen LogP) is 2.53. The van der Waals surface area contributed by atoms with Crippen LogP contribution < -0.4 is 10.2 Å². The largest absolute Gasteiger partial charge is 0.496 e. The number of hydrazone groups is 1. The van der Waals surface area contributed by atoms with E-state index < -0.39 is 10.0 Å². The summed E-state index contributed by atoms with van der Waals surface area (Å²) in [5, 5.41) is 4.07. The maximum absolute atomic E-state index is 11.9. The predicted molar refractivity (Wildman–Crippen MR) is 91.6 cm³/mol. The highest BCUT2D eigenvalue weighted by Crippen LogP contribution is 2.25. The fraction of sp³-hybridized carbons (Fsp3) is 0.0667. The van der Waals surface area contributed by atoms with Gasteiger partial charge in [0.1, 0.15) is 10.6 Å². The van der Waals surface area contributed by atoms with Crippen LogP contribution in [0.1, 0.15) is 11.1 Å². The van der Waals surface area contributed by atoms with E-state index in [2.05, 4.69) is 30.9 Å². The molecule has 0 fully saturated rings. The van der Waals surface area contributed by atoms with Crippen molar-refractivity contribution in [3.8, 4) is 5.75 Å². The molecule has 0 saturated heterocycles. The summed E-state index contributed by atoms with van der Waals surface area (Å²) >= 11 is 3.38. The summed E-state index contributed by atoms with van der Waals surface area (Å²) in [6, 6.07) is 12.1. The topological polar surface area (TPSA) is 80.1 Å². The van der Waals surface area contributed by atoms with Crippen LogP contribution in [0.2, 0.25) is 0 Å². The highest BCUT2D eigenvalue weighted by molar-refractivity contribution is 9.10. The zero-order valence-electron chi connectivity index (χ0n) is 12.0. The minimum atomic E-state index is -3.65. The normalized spacial score (nSPS) is 15.3. The van der Waals surface area contributed by atoms with Crippen LogP contribution in [0.4, 0.5) is 0 Å². The van der Waals surface area contributed by atoms with Crippen molar-refractivity contribution in [1.82, 2.24) is 5.43 Å². The van der Waals surface area contributed by atoms with Crippen molar-refractivity contribution < 1.29 is 13.2 Å². The number of hydrogen-bond donors (Lipinski definition) is 1. The molecule has 0 amide bonds. The molecule has 118 valence electrons. The monoisotopic (exact) mass is 393 g/mol. The average molecular weight is 394 g/mol. The van der Waals surface area contributed by atoms with Crippen LogP contribution in [0.5, 0.6) is 5.75 Å². The third-order valence-corrected chi connectivity index (χ3v) is 5.03. The van der Waals surface area contributed by atoms with E-state index in [0.717, 1.165) is 10.0 Å². The average Bonchev–Trinajstić information content (AvgIpc) is 2.79. The summed E-state index contributed by atoms with van der Waals surface area (Å²) in [7, 11) is -2.08. The van der Waals surface area contributed by atoms with E-state index in [0.29, 0.717) is 11.3 Å². The maximum atomic E-state index is 11.9. The van der Waals surface area contributed by atoms with E-state index >= 15 is 0 Å². The lowest BCUT2D eigenvalue weighted by atomic mass is 10.2. The number of amidine groups is 1. The van der Waals surface area contributed by atoms with Gasteiger partial charge >= 0.3 is 0 Å². The van der Waals surface area contributed by atoms with Gasteiger partial charge in [-0.15, -0.1) is 4.40 Å². The van der Waals surface area contributed by atoms with Crippen molar-refractivity contribution in [2.75, 3.05) is 7.11 Å². The van der Waals surface area contributed by atoms with E-state index in [4.69, 9.17) is 4.74 Å². The summed E-state index contributed by atoms with van der Waals surface area (Å²) in [5.41, 5.74) is 3.93. The second kappa shape index (κ2) is 6.13. The van der Waals surface area contributed by atoms with Crippen molar-refractivity contribution in [2.24, 2.45) is 9.50 Å². The Hall–Kier alpha value is -2.19. The molecule has 3 rings (SSSR count). The molecule has 0 radical (unpaired) electrons. The lowest BCUT2D eigenvalue weighted by Crippen LogP contribution is -2.17. The van der Waals surface area contributed by atoms with Crippen molar-refractivity contribution >= 4 is 38.0 Å². The SMILES string of the molecule is COc1ccc(Br)cc1/C=N\NC1=NS(=O)(=O)c2ccccc21. The van der Waals surface area contributed by atoms with Crippen LogP contribution in [0, 0.1) is 0 Å². The van der Waals surface area contributed by atoms with Gasteiger partial charge in [-0.1, -0.05) is 28.1 Å². The molecule has 1 heterocycles. The van der Waals surface area contributed by atoms with Gasteiger partial charge in [-0.3, -0.25) is 5.43 Å². The molecule has 1 aliphatic rings. The summed E-state index contributed by atoms with van der Waals surface area (Å²) in [5.74, 6) is 0.853. The van der Waals surface area contributed by atoms with Crippen LogP contribution in [0.25, 0.3) is 0 Å². The van der Waals surface area contributed by atoms with Crippen LogP contribution >= 0.6 is 15.9 Å². The standard InChI is InChI=1S/C15H12BrN3O3S/c1-22-13-7-6-11(16)8-10(13)9-17-18-15-12-4-2-3-5-14(12)23(20,21)19-15/h2-9H,1H3,(H,18,19)/b17-9-. The van der Waals surface area contributed by atoms with Gasteiger partial charge in [-0.2, -0.15) is 13.5 Å². The number of nitrogens with zero attached hydrogens (tertiary/aromatic N) is 2. The highest BCUT2D eigenvalue weighted by atomic mass is 79.9. The Bertz CT molecular complexity index is 923. The van der Waals surface area contributed by atoms with Gasteiger partial charge in [0.25, 0.3) is 10.0 Å². The first-order valence-electron chi connectivity index (χ1n) is 6.58. The van der Waals surface area contributed by atoms with Gasteiger partial charge in [-0.05, 0) is 30.3 Å².